The van der Waals surface area contributed by atoms with Crippen LogP contribution in [0.15, 0.2) is 42.6 Å². The molecule has 0 aliphatic carbocycles. The van der Waals surface area contributed by atoms with E-state index < -0.39 is 0 Å². The summed E-state index contributed by atoms with van der Waals surface area (Å²) < 4.78 is 8.08. The highest BCUT2D eigenvalue weighted by atomic mass is 16.5. The van der Waals surface area contributed by atoms with Crippen molar-refractivity contribution < 1.29 is 4.74 Å². The van der Waals surface area contributed by atoms with Gasteiger partial charge in [-0.3, -0.25) is 0 Å². The fraction of sp³-hybridized carbons (Fsp3) is 0.455. The summed E-state index contributed by atoms with van der Waals surface area (Å²) in [5.74, 6) is 2.10. The number of nitrogens with zero attached hydrogens (tertiary/aromatic N) is 4. The molecule has 4 rings (SSSR count). The number of benzene rings is 1. The van der Waals surface area contributed by atoms with Crippen LogP contribution in [0.3, 0.4) is 0 Å². The first-order chi connectivity index (χ1) is 13.6. The Balaban J connectivity index is 1.37. The lowest BCUT2D eigenvalue weighted by atomic mass is 10.2. The zero-order chi connectivity index (χ0) is 19.5. The van der Waals surface area contributed by atoms with E-state index in [-0.39, 0.29) is 12.2 Å². The van der Waals surface area contributed by atoms with Crippen LogP contribution in [0.2, 0.25) is 0 Å². The van der Waals surface area contributed by atoms with Crippen molar-refractivity contribution in [3.63, 3.8) is 0 Å². The molecular formula is C22H29N5O. The molecule has 1 fully saturated rings. The standard InChI is InChI=1S/C22H29N5O/c1-4-27-20-8-6-5-7-19(20)25-22(27)13-23-11-18-9-10-21(24-12-18)26-14-16(2)28-17(3)15-26/h5-10,12,16-17,23H,4,11,13-15H2,1-3H3. The highest BCUT2D eigenvalue weighted by Crippen LogP contribution is 2.19. The van der Waals surface area contributed by atoms with Crippen LogP contribution in [0.4, 0.5) is 5.82 Å². The molecule has 0 radical (unpaired) electrons. The van der Waals surface area contributed by atoms with Gasteiger partial charge in [0, 0.05) is 32.4 Å². The second kappa shape index (κ2) is 8.29. The van der Waals surface area contributed by atoms with Gasteiger partial charge in [0.2, 0.25) is 0 Å². The topological polar surface area (TPSA) is 55.2 Å². The van der Waals surface area contributed by atoms with E-state index in [4.69, 9.17) is 9.72 Å². The third-order valence-corrected chi connectivity index (χ3v) is 5.21. The number of fused-ring (bicyclic) bond motifs is 1. The largest absolute Gasteiger partial charge is 0.372 e. The van der Waals surface area contributed by atoms with Crippen molar-refractivity contribution in [1.82, 2.24) is 19.9 Å². The molecule has 3 heterocycles. The Morgan fingerprint density at radius 1 is 1.07 bits per heavy atom. The van der Waals surface area contributed by atoms with Gasteiger partial charge in [0.15, 0.2) is 0 Å². The molecule has 2 unspecified atom stereocenters. The molecule has 1 aliphatic rings. The number of aromatic nitrogens is 3. The number of nitrogens with one attached hydrogen (secondary N) is 1. The van der Waals surface area contributed by atoms with Crippen LogP contribution in [0.1, 0.15) is 32.2 Å². The third-order valence-electron chi connectivity index (χ3n) is 5.21. The number of ether oxygens (including phenoxy) is 1. The maximum absolute atomic E-state index is 5.81. The minimum Gasteiger partial charge on any atom is -0.372 e. The van der Waals surface area contributed by atoms with Gasteiger partial charge in [-0.25, -0.2) is 9.97 Å². The van der Waals surface area contributed by atoms with E-state index in [1.807, 2.05) is 12.3 Å². The van der Waals surface area contributed by atoms with E-state index in [1.54, 1.807) is 0 Å². The van der Waals surface area contributed by atoms with Crippen molar-refractivity contribution in [2.45, 2.75) is 52.6 Å². The van der Waals surface area contributed by atoms with Crippen LogP contribution in [-0.4, -0.2) is 39.8 Å². The Labute approximate surface area is 166 Å². The van der Waals surface area contributed by atoms with Gasteiger partial charge in [0.25, 0.3) is 0 Å². The van der Waals surface area contributed by atoms with Crippen LogP contribution in [0.5, 0.6) is 0 Å². The first-order valence-electron chi connectivity index (χ1n) is 10.1. The molecule has 2 aromatic heterocycles. The lowest BCUT2D eigenvalue weighted by molar-refractivity contribution is -0.00545. The van der Waals surface area contributed by atoms with E-state index >= 15 is 0 Å². The highest BCUT2D eigenvalue weighted by Gasteiger charge is 2.22. The Morgan fingerprint density at radius 2 is 1.86 bits per heavy atom. The summed E-state index contributed by atoms with van der Waals surface area (Å²) >= 11 is 0. The highest BCUT2D eigenvalue weighted by molar-refractivity contribution is 5.75. The molecule has 1 N–H and O–H groups in total. The molecule has 3 aromatic rings. The van der Waals surface area contributed by atoms with Gasteiger partial charge in [-0.15, -0.1) is 0 Å². The van der Waals surface area contributed by atoms with Crippen molar-refractivity contribution in [1.29, 1.82) is 0 Å². The predicted molar refractivity (Wildman–Crippen MR) is 112 cm³/mol. The van der Waals surface area contributed by atoms with Gasteiger partial charge >= 0.3 is 0 Å². The quantitative estimate of drug-likeness (QED) is 0.712. The van der Waals surface area contributed by atoms with E-state index in [0.717, 1.165) is 49.9 Å². The summed E-state index contributed by atoms with van der Waals surface area (Å²) in [7, 11) is 0. The number of imidazole rings is 1. The van der Waals surface area contributed by atoms with Crippen LogP contribution in [0.25, 0.3) is 11.0 Å². The molecule has 6 nitrogen and oxygen atoms in total. The monoisotopic (exact) mass is 379 g/mol. The zero-order valence-corrected chi connectivity index (χ0v) is 16.9. The fourth-order valence-electron chi connectivity index (χ4n) is 4.01. The summed E-state index contributed by atoms with van der Waals surface area (Å²) in [6.45, 7) is 10.6. The number of hydrogen-bond donors (Lipinski definition) is 1. The second-order valence-corrected chi connectivity index (χ2v) is 7.55. The Hall–Kier alpha value is -2.44. The Bertz CT molecular complexity index is 910. The predicted octanol–water partition coefficient (Wildman–Crippen LogP) is 3.35. The number of morpholine rings is 1. The van der Waals surface area contributed by atoms with Crippen molar-refractivity contribution in [3.8, 4) is 0 Å². The summed E-state index contributed by atoms with van der Waals surface area (Å²) in [5, 5.41) is 3.51. The Morgan fingerprint density at radius 3 is 2.57 bits per heavy atom. The normalized spacial score (nSPS) is 20.0. The average Bonchev–Trinajstić information content (AvgIpc) is 3.05. The maximum atomic E-state index is 5.81. The molecule has 1 saturated heterocycles. The van der Waals surface area contributed by atoms with Crippen LogP contribution >= 0.6 is 0 Å². The number of hydrogen-bond acceptors (Lipinski definition) is 5. The first kappa shape index (κ1) is 18.9. The van der Waals surface area contributed by atoms with Gasteiger partial charge in [0.1, 0.15) is 11.6 Å². The lowest BCUT2D eigenvalue weighted by Gasteiger charge is -2.36. The van der Waals surface area contributed by atoms with Crippen molar-refractivity contribution >= 4 is 16.9 Å². The molecule has 1 aliphatic heterocycles. The number of aryl methyl sites for hydroxylation is 1. The molecule has 1 aromatic carbocycles. The number of pyridine rings is 1. The average molecular weight is 380 g/mol. The molecule has 0 spiro atoms. The molecule has 0 saturated carbocycles. The van der Waals surface area contributed by atoms with Gasteiger partial charge < -0.3 is 19.5 Å². The number of anilines is 1. The molecule has 2 atom stereocenters. The Kier molecular flexibility index (Phi) is 5.59. The van der Waals surface area contributed by atoms with Crippen LogP contribution < -0.4 is 10.2 Å². The molecule has 28 heavy (non-hydrogen) atoms. The van der Waals surface area contributed by atoms with Crippen molar-refractivity contribution in [3.05, 3.63) is 54.0 Å². The van der Waals surface area contributed by atoms with Crippen molar-refractivity contribution in [2.24, 2.45) is 0 Å². The van der Waals surface area contributed by atoms with Crippen molar-refractivity contribution in [2.75, 3.05) is 18.0 Å². The van der Waals surface area contributed by atoms with Crippen LogP contribution in [-0.2, 0) is 24.4 Å². The van der Waals surface area contributed by atoms with E-state index in [2.05, 4.69) is 70.9 Å². The number of rotatable bonds is 6. The summed E-state index contributed by atoms with van der Waals surface area (Å²) in [5.41, 5.74) is 3.43. The van der Waals surface area contributed by atoms with E-state index in [1.165, 1.54) is 11.1 Å². The molecule has 0 amide bonds. The van der Waals surface area contributed by atoms with Gasteiger partial charge in [-0.1, -0.05) is 18.2 Å². The van der Waals surface area contributed by atoms with Gasteiger partial charge in [-0.05, 0) is 44.5 Å². The molecular weight excluding hydrogens is 350 g/mol. The second-order valence-electron chi connectivity index (χ2n) is 7.55. The lowest BCUT2D eigenvalue weighted by Crippen LogP contribution is -2.45. The molecule has 148 valence electrons. The third kappa shape index (κ3) is 4.03. The smallest absolute Gasteiger partial charge is 0.128 e. The maximum Gasteiger partial charge on any atom is 0.128 e. The minimum atomic E-state index is 0.240. The SMILES string of the molecule is CCn1c(CNCc2ccc(N3CC(C)OC(C)C3)nc2)nc2ccccc21. The molecule has 6 heteroatoms. The summed E-state index contributed by atoms with van der Waals surface area (Å²) in [6.07, 6.45) is 2.45. The molecule has 0 bridgehead atoms. The first-order valence-corrected chi connectivity index (χ1v) is 10.1. The van der Waals surface area contributed by atoms with Crippen LogP contribution in [0, 0.1) is 0 Å². The fourth-order valence-corrected chi connectivity index (χ4v) is 4.01. The number of para-hydroxylation sites is 2. The zero-order valence-electron chi connectivity index (χ0n) is 16.9. The van der Waals surface area contributed by atoms with Gasteiger partial charge in [0.05, 0.1) is 29.8 Å². The van der Waals surface area contributed by atoms with Gasteiger partial charge in [-0.2, -0.15) is 0 Å². The summed E-state index contributed by atoms with van der Waals surface area (Å²) in [4.78, 5) is 11.8. The van der Waals surface area contributed by atoms with E-state index in [9.17, 15) is 0 Å². The van der Waals surface area contributed by atoms with E-state index in [0.29, 0.717) is 0 Å². The minimum absolute atomic E-state index is 0.240. The summed E-state index contributed by atoms with van der Waals surface area (Å²) in [6, 6.07) is 12.6.